The minimum Gasteiger partial charge on any atom is -0.457 e. The van der Waals surface area contributed by atoms with Crippen LogP contribution in [0.5, 0.6) is 0 Å². The standard InChI is InChI=1S/C36H37Cl2NO4/c1-34(2,3)42-32(40)27(20-25-12-16-30(37)17-13-25)22-36(24-39,29-10-8-7-9-11-29)23-28(33(41)43-35(4,5)6)21-26-14-18-31(38)19-15-26/h7-21H,22-23H2,1-6H3/b27-20+,28-21+. The highest BCUT2D eigenvalue weighted by Gasteiger charge is 2.39. The maximum Gasteiger partial charge on any atom is 0.334 e. The highest BCUT2D eigenvalue weighted by Crippen LogP contribution is 2.39. The first-order valence-corrected chi connectivity index (χ1v) is 14.7. The molecule has 0 aliphatic carbocycles. The van der Waals surface area contributed by atoms with Crippen molar-refractivity contribution in [1.29, 1.82) is 5.26 Å². The Labute approximate surface area is 264 Å². The second-order valence-electron chi connectivity index (χ2n) is 12.4. The van der Waals surface area contributed by atoms with Crippen molar-refractivity contribution in [3.8, 4) is 6.07 Å². The quantitative estimate of drug-likeness (QED) is 0.176. The van der Waals surface area contributed by atoms with Gasteiger partial charge in [0.15, 0.2) is 0 Å². The number of hydrogen-bond donors (Lipinski definition) is 0. The average Bonchev–Trinajstić information content (AvgIpc) is 2.92. The summed E-state index contributed by atoms with van der Waals surface area (Å²) in [5.41, 5.74) is -0.249. The normalized spacial score (nSPS) is 13.9. The summed E-state index contributed by atoms with van der Waals surface area (Å²) in [4.78, 5) is 27.3. The fourth-order valence-corrected chi connectivity index (χ4v) is 4.64. The van der Waals surface area contributed by atoms with Gasteiger partial charge >= 0.3 is 11.9 Å². The molecule has 7 heteroatoms. The van der Waals surface area contributed by atoms with Crippen molar-refractivity contribution in [3.05, 3.63) is 117 Å². The van der Waals surface area contributed by atoms with Gasteiger partial charge in [-0.3, -0.25) is 0 Å². The smallest absolute Gasteiger partial charge is 0.334 e. The van der Waals surface area contributed by atoms with E-state index in [9.17, 15) is 14.9 Å². The predicted octanol–water partition coefficient (Wildman–Crippen LogP) is 9.39. The number of rotatable bonds is 9. The van der Waals surface area contributed by atoms with Crippen LogP contribution < -0.4 is 0 Å². The number of esters is 2. The van der Waals surface area contributed by atoms with Gasteiger partial charge in [0.2, 0.25) is 0 Å². The zero-order chi connectivity index (χ0) is 31.8. The maximum atomic E-state index is 13.6. The molecule has 0 fully saturated rings. The van der Waals surface area contributed by atoms with Gasteiger partial charge in [-0.1, -0.05) is 77.8 Å². The third-order valence-corrected chi connectivity index (χ3v) is 6.77. The van der Waals surface area contributed by atoms with Gasteiger partial charge < -0.3 is 9.47 Å². The summed E-state index contributed by atoms with van der Waals surface area (Å²) in [7, 11) is 0. The molecule has 224 valence electrons. The average molecular weight is 619 g/mol. The Kier molecular flexibility index (Phi) is 11.0. The van der Waals surface area contributed by atoms with Crippen molar-refractivity contribution in [3.63, 3.8) is 0 Å². The Morgan fingerprint density at radius 2 is 1.05 bits per heavy atom. The Hall–Kier alpha value is -3.85. The van der Waals surface area contributed by atoms with Crippen LogP contribution in [0.3, 0.4) is 0 Å². The van der Waals surface area contributed by atoms with Crippen molar-refractivity contribution >= 4 is 47.3 Å². The number of nitriles is 1. The number of hydrogen-bond acceptors (Lipinski definition) is 5. The molecule has 5 nitrogen and oxygen atoms in total. The van der Waals surface area contributed by atoms with Crippen LogP contribution in [0, 0.1) is 11.3 Å². The Morgan fingerprint density at radius 1 is 0.674 bits per heavy atom. The minimum absolute atomic E-state index is 0.0359. The summed E-state index contributed by atoms with van der Waals surface area (Å²) < 4.78 is 11.6. The molecular weight excluding hydrogens is 581 g/mol. The first-order valence-electron chi connectivity index (χ1n) is 13.9. The van der Waals surface area contributed by atoms with E-state index in [1.165, 1.54) is 0 Å². The maximum absolute atomic E-state index is 13.6. The van der Waals surface area contributed by atoms with Crippen molar-refractivity contribution in [2.75, 3.05) is 0 Å². The lowest BCUT2D eigenvalue weighted by atomic mass is 9.71. The Bertz CT molecular complexity index is 1430. The molecule has 3 aromatic rings. The molecule has 0 amide bonds. The van der Waals surface area contributed by atoms with Crippen LogP contribution in [-0.4, -0.2) is 23.1 Å². The summed E-state index contributed by atoms with van der Waals surface area (Å²) in [5.74, 6) is -1.11. The van der Waals surface area contributed by atoms with E-state index in [0.29, 0.717) is 26.7 Å². The van der Waals surface area contributed by atoms with Crippen molar-refractivity contribution < 1.29 is 19.1 Å². The molecule has 3 aromatic carbocycles. The van der Waals surface area contributed by atoms with E-state index < -0.39 is 28.6 Å². The summed E-state index contributed by atoms with van der Waals surface area (Å²) in [6.45, 7) is 10.7. The highest BCUT2D eigenvalue weighted by atomic mass is 35.5. The SMILES string of the molecule is CC(C)(C)OC(=O)/C(=C/c1ccc(Cl)cc1)CC(C#N)(C/C(=C\c1ccc(Cl)cc1)C(=O)OC(C)(C)C)c1ccccc1. The summed E-state index contributed by atoms with van der Waals surface area (Å²) >= 11 is 12.2. The second-order valence-corrected chi connectivity index (χ2v) is 13.2. The zero-order valence-electron chi connectivity index (χ0n) is 25.4. The van der Waals surface area contributed by atoms with E-state index in [1.807, 2.05) is 30.3 Å². The van der Waals surface area contributed by atoms with Gasteiger partial charge in [0.25, 0.3) is 0 Å². The summed E-state index contributed by atoms with van der Waals surface area (Å²) in [5, 5.41) is 12.0. The van der Waals surface area contributed by atoms with Gasteiger partial charge in [-0.2, -0.15) is 5.26 Å². The molecule has 0 radical (unpaired) electrons. The van der Waals surface area contributed by atoms with Crippen LogP contribution in [0.25, 0.3) is 12.2 Å². The number of halogens is 2. The first-order chi connectivity index (χ1) is 20.1. The number of ether oxygens (including phenoxy) is 2. The first kappa shape index (κ1) is 33.6. The van der Waals surface area contributed by atoms with Crippen LogP contribution >= 0.6 is 23.2 Å². The molecule has 0 heterocycles. The van der Waals surface area contributed by atoms with Gasteiger partial charge in [0, 0.05) is 34.0 Å². The van der Waals surface area contributed by atoms with E-state index in [1.54, 1.807) is 102 Å². The van der Waals surface area contributed by atoms with E-state index in [-0.39, 0.29) is 24.0 Å². The van der Waals surface area contributed by atoms with Gasteiger partial charge in [-0.05, 0) is 94.7 Å². The lowest BCUT2D eigenvalue weighted by Gasteiger charge is -2.31. The van der Waals surface area contributed by atoms with E-state index >= 15 is 0 Å². The molecule has 3 rings (SSSR count). The van der Waals surface area contributed by atoms with Gasteiger partial charge in [0.1, 0.15) is 11.2 Å². The molecule has 43 heavy (non-hydrogen) atoms. The van der Waals surface area contributed by atoms with Crippen molar-refractivity contribution in [1.82, 2.24) is 0 Å². The number of carbonyl (C=O) groups excluding carboxylic acids is 2. The molecule has 0 atom stereocenters. The van der Waals surface area contributed by atoms with Crippen LogP contribution in [0.4, 0.5) is 0 Å². The fourth-order valence-electron chi connectivity index (χ4n) is 4.39. The number of carbonyl (C=O) groups is 2. The third-order valence-electron chi connectivity index (χ3n) is 6.27. The summed E-state index contributed by atoms with van der Waals surface area (Å²) in [6.07, 6.45) is 3.34. The number of benzene rings is 3. The molecule has 0 aromatic heterocycles. The molecule has 0 saturated heterocycles. The third kappa shape index (κ3) is 10.4. The van der Waals surface area contributed by atoms with E-state index in [4.69, 9.17) is 32.7 Å². The van der Waals surface area contributed by atoms with E-state index in [2.05, 4.69) is 6.07 Å². The van der Waals surface area contributed by atoms with Crippen LogP contribution in [0.15, 0.2) is 90.0 Å². The van der Waals surface area contributed by atoms with Crippen molar-refractivity contribution in [2.45, 2.75) is 71.0 Å². The second kappa shape index (κ2) is 14.1. The highest BCUT2D eigenvalue weighted by molar-refractivity contribution is 6.30. The topological polar surface area (TPSA) is 76.4 Å². The van der Waals surface area contributed by atoms with Gasteiger partial charge in [-0.25, -0.2) is 9.59 Å². The fraction of sp³-hybridized carbons (Fsp3) is 0.306. The predicted molar refractivity (Wildman–Crippen MR) is 174 cm³/mol. The lowest BCUT2D eigenvalue weighted by molar-refractivity contribution is -0.150. The largest absolute Gasteiger partial charge is 0.457 e. The minimum atomic E-state index is -1.34. The van der Waals surface area contributed by atoms with E-state index in [0.717, 1.165) is 0 Å². The molecule has 0 aliphatic heterocycles. The molecule has 0 bridgehead atoms. The Morgan fingerprint density at radius 3 is 1.37 bits per heavy atom. The Balaban J connectivity index is 2.22. The monoisotopic (exact) mass is 617 g/mol. The summed E-state index contributed by atoms with van der Waals surface area (Å²) in [6, 6.07) is 25.7. The van der Waals surface area contributed by atoms with Crippen molar-refractivity contribution in [2.24, 2.45) is 0 Å². The zero-order valence-corrected chi connectivity index (χ0v) is 26.9. The molecule has 0 saturated carbocycles. The van der Waals surface area contributed by atoms with Crippen LogP contribution in [-0.2, 0) is 24.5 Å². The molecule has 0 spiro atoms. The van der Waals surface area contributed by atoms with Crippen LogP contribution in [0.1, 0.15) is 71.1 Å². The van der Waals surface area contributed by atoms with Gasteiger partial charge in [0.05, 0.1) is 11.5 Å². The van der Waals surface area contributed by atoms with Gasteiger partial charge in [-0.15, -0.1) is 0 Å². The molecule has 0 aliphatic rings. The molecule has 0 unspecified atom stereocenters. The van der Waals surface area contributed by atoms with Crippen LogP contribution in [0.2, 0.25) is 10.0 Å². The molecule has 0 N–H and O–H groups in total. The lowest BCUT2D eigenvalue weighted by Crippen LogP contribution is -2.32. The molecular formula is C36H37Cl2NO4. The number of nitrogens with zero attached hydrogens (tertiary/aromatic N) is 1.